The van der Waals surface area contributed by atoms with Crippen LogP contribution in [0.15, 0.2) is 0 Å². The fourth-order valence-electron chi connectivity index (χ4n) is 1.66. The van der Waals surface area contributed by atoms with E-state index in [0.29, 0.717) is 75.9 Å². The van der Waals surface area contributed by atoms with Crippen molar-refractivity contribution in [2.75, 3.05) is 75.9 Å². The molecule has 8 heteroatoms. The molecular formula is C13H28O4S4. The zero-order chi connectivity index (χ0) is 15.8. The Morgan fingerprint density at radius 2 is 0.714 bits per heavy atom. The maximum absolute atomic E-state index is 5.67. The number of ether oxygens (including phenoxy) is 4. The second-order valence-electron chi connectivity index (χ2n) is 4.60. The fourth-order valence-corrected chi connectivity index (χ4v) is 2.18. The molecule has 0 amide bonds. The first-order valence-corrected chi connectivity index (χ1v) is 9.52. The molecular weight excluding hydrogens is 348 g/mol. The van der Waals surface area contributed by atoms with E-state index >= 15 is 0 Å². The molecule has 0 saturated heterocycles. The van der Waals surface area contributed by atoms with Gasteiger partial charge in [-0.05, 0) is 0 Å². The van der Waals surface area contributed by atoms with Crippen LogP contribution < -0.4 is 0 Å². The summed E-state index contributed by atoms with van der Waals surface area (Å²) in [6.45, 7) is 4.43. The standard InChI is InChI=1S/C13H28O4S4/c18-5-1-14-9-13(10-15-2-6-19,11-16-3-7-20)12-17-4-8-21/h18-21H,1-12H2. The summed E-state index contributed by atoms with van der Waals surface area (Å²) in [4.78, 5) is 0. The van der Waals surface area contributed by atoms with E-state index in [1.165, 1.54) is 0 Å². The molecule has 0 atom stereocenters. The van der Waals surface area contributed by atoms with Gasteiger partial charge >= 0.3 is 0 Å². The normalized spacial score (nSPS) is 12.0. The van der Waals surface area contributed by atoms with Crippen LogP contribution in [0.2, 0.25) is 0 Å². The average Bonchev–Trinajstić information content (AvgIpc) is 2.48. The molecule has 0 heterocycles. The summed E-state index contributed by atoms with van der Waals surface area (Å²) in [5.41, 5.74) is -0.322. The van der Waals surface area contributed by atoms with Crippen LogP contribution in [0.4, 0.5) is 0 Å². The summed E-state index contributed by atoms with van der Waals surface area (Å²) in [5, 5.41) is 0. The SMILES string of the molecule is SCCOCC(COCCS)(COCCS)COCCS. The topological polar surface area (TPSA) is 36.9 Å². The van der Waals surface area contributed by atoms with Gasteiger partial charge in [-0.1, -0.05) is 0 Å². The molecule has 0 rings (SSSR count). The van der Waals surface area contributed by atoms with Gasteiger partial charge in [0, 0.05) is 23.0 Å². The average molecular weight is 377 g/mol. The highest BCUT2D eigenvalue weighted by atomic mass is 32.1. The van der Waals surface area contributed by atoms with Crippen molar-refractivity contribution in [3.8, 4) is 0 Å². The van der Waals surface area contributed by atoms with Gasteiger partial charge in [0.25, 0.3) is 0 Å². The largest absolute Gasteiger partial charge is 0.380 e. The quantitative estimate of drug-likeness (QED) is 0.245. The van der Waals surface area contributed by atoms with Crippen LogP contribution >= 0.6 is 50.5 Å². The van der Waals surface area contributed by atoms with Gasteiger partial charge in [0.05, 0.1) is 58.3 Å². The van der Waals surface area contributed by atoms with E-state index in [-0.39, 0.29) is 5.41 Å². The lowest BCUT2D eigenvalue weighted by Gasteiger charge is -2.32. The van der Waals surface area contributed by atoms with Crippen molar-refractivity contribution >= 4 is 50.5 Å². The van der Waals surface area contributed by atoms with E-state index in [2.05, 4.69) is 50.5 Å². The molecule has 0 N–H and O–H groups in total. The van der Waals surface area contributed by atoms with Gasteiger partial charge in [0.2, 0.25) is 0 Å². The molecule has 0 aliphatic rings. The first-order valence-electron chi connectivity index (χ1n) is 6.99. The minimum atomic E-state index is -0.322. The van der Waals surface area contributed by atoms with Crippen LogP contribution in [0, 0.1) is 5.41 Å². The van der Waals surface area contributed by atoms with Gasteiger partial charge in [0.1, 0.15) is 0 Å². The molecule has 0 spiro atoms. The summed E-state index contributed by atoms with van der Waals surface area (Å²) in [6.07, 6.45) is 0. The highest BCUT2D eigenvalue weighted by Crippen LogP contribution is 2.21. The van der Waals surface area contributed by atoms with Crippen LogP contribution in [0.1, 0.15) is 0 Å². The van der Waals surface area contributed by atoms with Gasteiger partial charge in [-0.3, -0.25) is 0 Å². The molecule has 0 radical (unpaired) electrons. The number of hydrogen-bond acceptors (Lipinski definition) is 8. The number of thiol groups is 4. The van der Waals surface area contributed by atoms with Gasteiger partial charge in [-0.25, -0.2) is 0 Å². The molecule has 0 saturated carbocycles. The van der Waals surface area contributed by atoms with Crippen molar-refractivity contribution in [3.63, 3.8) is 0 Å². The summed E-state index contributed by atoms with van der Waals surface area (Å²) in [7, 11) is 0. The van der Waals surface area contributed by atoms with Crippen LogP contribution in [-0.4, -0.2) is 75.9 Å². The van der Waals surface area contributed by atoms with Crippen molar-refractivity contribution in [2.45, 2.75) is 0 Å². The van der Waals surface area contributed by atoms with Gasteiger partial charge in [0.15, 0.2) is 0 Å². The third-order valence-electron chi connectivity index (χ3n) is 2.58. The molecule has 0 aromatic carbocycles. The highest BCUT2D eigenvalue weighted by molar-refractivity contribution is 7.80. The van der Waals surface area contributed by atoms with Crippen molar-refractivity contribution in [2.24, 2.45) is 5.41 Å². The molecule has 0 aromatic rings. The monoisotopic (exact) mass is 376 g/mol. The Hall–Kier alpha value is 1.24. The molecule has 0 aliphatic heterocycles. The van der Waals surface area contributed by atoms with E-state index in [4.69, 9.17) is 18.9 Å². The molecule has 0 bridgehead atoms. The van der Waals surface area contributed by atoms with Gasteiger partial charge in [-0.15, -0.1) is 0 Å². The van der Waals surface area contributed by atoms with Crippen molar-refractivity contribution in [1.29, 1.82) is 0 Å². The fraction of sp³-hybridized carbons (Fsp3) is 1.00. The minimum absolute atomic E-state index is 0.322. The van der Waals surface area contributed by atoms with Gasteiger partial charge < -0.3 is 18.9 Å². The lowest BCUT2D eigenvalue weighted by atomic mass is 9.92. The van der Waals surface area contributed by atoms with Crippen molar-refractivity contribution < 1.29 is 18.9 Å². The smallest absolute Gasteiger partial charge is 0.0637 e. The molecule has 4 nitrogen and oxygen atoms in total. The van der Waals surface area contributed by atoms with Crippen LogP contribution in [0.5, 0.6) is 0 Å². The Labute approximate surface area is 150 Å². The molecule has 0 fully saturated rings. The third-order valence-corrected chi connectivity index (χ3v) is 3.31. The number of rotatable bonds is 16. The Morgan fingerprint density at radius 3 is 0.905 bits per heavy atom. The summed E-state index contributed by atoms with van der Waals surface area (Å²) in [5.74, 6) is 2.73. The third kappa shape index (κ3) is 12.3. The Morgan fingerprint density at radius 1 is 0.476 bits per heavy atom. The summed E-state index contributed by atoms with van der Waals surface area (Å²) < 4.78 is 22.7. The molecule has 0 aliphatic carbocycles. The van der Waals surface area contributed by atoms with E-state index in [9.17, 15) is 0 Å². The predicted molar refractivity (Wildman–Crippen MR) is 101 cm³/mol. The Kier molecular flexibility index (Phi) is 17.1. The highest BCUT2D eigenvalue weighted by Gasteiger charge is 2.32. The van der Waals surface area contributed by atoms with Crippen LogP contribution in [0.25, 0.3) is 0 Å². The molecule has 0 aromatic heterocycles. The maximum Gasteiger partial charge on any atom is 0.0637 e. The van der Waals surface area contributed by atoms with E-state index in [1.807, 2.05) is 0 Å². The first-order chi connectivity index (χ1) is 10.2. The van der Waals surface area contributed by atoms with Crippen molar-refractivity contribution in [1.82, 2.24) is 0 Å². The van der Waals surface area contributed by atoms with Crippen LogP contribution in [0.3, 0.4) is 0 Å². The predicted octanol–water partition coefficient (Wildman–Crippen LogP) is 1.76. The minimum Gasteiger partial charge on any atom is -0.380 e. The summed E-state index contributed by atoms with van der Waals surface area (Å²) >= 11 is 16.6. The Balaban J connectivity index is 4.52. The molecule has 128 valence electrons. The van der Waals surface area contributed by atoms with E-state index in [1.54, 1.807) is 0 Å². The van der Waals surface area contributed by atoms with E-state index in [0.717, 1.165) is 0 Å². The number of hydrogen-bond donors (Lipinski definition) is 4. The van der Waals surface area contributed by atoms with Crippen molar-refractivity contribution in [3.05, 3.63) is 0 Å². The molecule has 21 heavy (non-hydrogen) atoms. The zero-order valence-electron chi connectivity index (χ0n) is 12.4. The zero-order valence-corrected chi connectivity index (χ0v) is 16.0. The Bertz CT molecular complexity index is 177. The first kappa shape index (κ1) is 22.2. The second kappa shape index (κ2) is 16.1. The second-order valence-corrected chi connectivity index (χ2v) is 6.39. The maximum atomic E-state index is 5.67. The molecule has 0 unspecified atom stereocenters. The lowest BCUT2D eigenvalue weighted by molar-refractivity contribution is -0.0999. The van der Waals surface area contributed by atoms with E-state index < -0.39 is 0 Å². The van der Waals surface area contributed by atoms with Gasteiger partial charge in [-0.2, -0.15) is 50.5 Å². The summed E-state index contributed by atoms with van der Waals surface area (Å²) in [6, 6.07) is 0. The van der Waals surface area contributed by atoms with Crippen LogP contribution in [-0.2, 0) is 18.9 Å². The lowest BCUT2D eigenvalue weighted by Crippen LogP contribution is -2.42.